The van der Waals surface area contributed by atoms with Gasteiger partial charge in [0, 0.05) is 12.6 Å². The standard InChI is InChI=1S/C9H18N4O2S/c1-7(2)5-8(6-10)13-16(14,15)9-3-4-11-12-9/h3-4,7-8,13H,5-6,10H2,1-2H3,(H,11,12). The number of sulfonamides is 1. The van der Waals surface area contributed by atoms with E-state index in [4.69, 9.17) is 5.73 Å². The largest absolute Gasteiger partial charge is 0.329 e. The average molecular weight is 246 g/mol. The van der Waals surface area contributed by atoms with E-state index in [-0.39, 0.29) is 17.6 Å². The molecule has 0 aliphatic heterocycles. The monoisotopic (exact) mass is 246 g/mol. The van der Waals surface area contributed by atoms with E-state index < -0.39 is 10.0 Å². The number of aromatic amines is 1. The summed E-state index contributed by atoms with van der Waals surface area (Å²) in [6.45, 7) is 4.33. The van der Waals surface area contributed by atoms with E-state index in [9.17, 15) is 8.42 Å². The van der Waals surface area contributed by atoms with Crippen molar-refractivity contribution < 1.29 is 8.42 Å². The van der Waals surface area contributed by atoms with Crippen LogP contribution in [0.25, 0.3) is 0 Å². The normalized spacial score (nSPS) is 14.2. The van der Waals surface area contributed by atoms with Gasteiger partial charge >= 0.3 is 0 Å². The Morgan fingerprint density at radius 2 is 2.25 bits per heavy atom. The maximum absolute atomic E-state index is 11.8. The molecule has 0 amide bonds. The van der Waals surface area contributed by atoms with Crippen LogP contribution in [0.5, 0.6) is 0 Å². The van der Waals surface area contributed by atoms with Gasteiger partial charge in [-0.2, -0.15) is 5.10 Å². The molecular weight excluding hydrogens is 228 g/mol. The summed E-state index contributed by atoms with van der Waals surface area (Å²) in [6.07, 6.45) is 2.11. The van der Waals surface area contributed by atoms with Crippen molar-refractivity contribution in [2.45, 2.75) is 31.3 Å². The van der Waals surface area contributed by atoms with Gasteiger partial charge in [0.25, 0.3) is 10.0 Å². The molecule has 0 bridgehead atoms. The summed E-state index contributed by atoms with van der Waals surface area (Å²) in [5.74, 6) is 0.387. The lowest BCUT2D eigenvalue weighted by Gasteiger charge is -2.17. The van der Waals surface area contributed by atoms with Crippen LogP contribution in [-0.4, -0.2) is 31.2 Å². The lowest BCUT2D eigenvalue weighted by molar-refractivity contribution is 0.464. The summed E-state index contributed by atoms with van der Waals surface area (Å²) in [4.78, 5) is 0. The fourth-order valence-electron chi connectivity index (χ4n) is 1.44. The van der Waals surface area contributed by atoms with Crippen LogP contribution in [0, 0.1) is 5.92 Å². The number of nitrogens with zero attached hydrogens (tertiary/aromatic N) is 1. The summed E-state index contributed by atoms with van der Waals surface area (Å²) in [5, 5.41) is 6.09. The number of nitrogens with one attached hydrogen (secondary N) is 2. The Morgan fingerprint density at radius 1 is 1.56 bits per heavy atom. The highest BCUT2D eigenvalue weighted by Crippen LogP contribution is 2.08. The van der Waals surface area contributed by atoms with Gasteiger partial charge in [-0.15, -0.1) is 0 Å². The Hall–Kier alpha value is -0.920. The molecule has 1 rings (SSSR count). The van der Waals surface area contributed by atoms with Gasteiger partial charge in [-0.25, -0.2) is 13.1 Å². The molecule has 0 aromatic carbocycles. The minimum Gasteiger partial charge on any atom is -0.329 e. The zero-order valence-corrected chi connectivity index (χ0v) is 10.3. The Morgan fingerprint density at radius 3 is 2.69 bits per heavy atom. The second-order valence-electron chi connectivity index (χ2n) is 4.10. The molecule has 1 aromatic rings. The third kappa shape index (κ3) is 3.58. The van der Waals surface area contributed by atoms with E-state index >= 15 is 0 Å². The predicted molar refractivity (Wildman–Crippen MR) is 61.2 cm³/mol. The predicted octanol–water partition coefficient (Wildman–Crippen LogP) is 0.0614. The summed E-state index contributed by atoms with van der Waals surface area (Å²) in [5.41, 5.74) is 5.53. The van der Waals surface area contributed by atoms with Crippen molar-refractivity contribution in [1.82, 2.24) is 14.9 Å². The van der Waals surface area contributed by atoms with Gasteiger partial charge in [0.2, 0.25) is 0 Å². The van der Waals surface area contributed by atoms with Crippen LogP contribution in [0.1, 0.15) is 20.3 Å². The topological polar surface area (TPSA) is 101 Å². The molecule has 0 radical (unpaired) electrons. The average Bonchev–Trinajstić information content (AvgIpc) is 2.68. The second kappa shape index (κ2) is 5.42. The molecular formula is C9H18N4O2S. The molecule has 1 aromatic heterocycles. The Labute approximate surface area is 95.7 Å². The third-order valence-electron chi connectivity index (χ3n) is 2.13. The summed E-state index contributed by atoms with van der Waals surface area (Å²) in [6, 6.07) is 1.17. The molecule has 16 heavy (non-hydrogen) atoms. The number of hydrogen-bond acceptors (Lipinski definition) is 4. The van der Waals surface area contributed by atoms with Crippen LogP contribution < -0.4 is 10.5 Å². The van der Waals surface area contributed by atoms with Gasteiger partial charge in [-0.1, -0.05) is 13.8 Å². The summed E-state index contributed by atoms with van der Waals surface area (Å²) >= 11 is 0. The van der Waals surface area contributed by atoms with Gasteiger partial charge in [-0.05, 0) is 18.4 Å². The lowest BCUT2D eigenvalue weighted by Crippen LogP contribution is -2.41. The zero-order valence-electron chi connectivity index (χ0n) is 9.47. The van der Waals surface area contributed by atoms with Gasteiger partial charge in [-0.3, -0.25) is 5.10 Å². The van der Waals surface area contributed by atoms with Crippen LogP contribution in [0.3, 0.4) is 0 Å². The highest BCUT2D eigenvalue weighted by atomic mass is 32.2. The third-order valence-corrected chi connectivity index (χ3v) is 3.58. The van der Waals surface area contributed by atoms with E-state index in [1.807, 2.05) is 13.8 Å². The van der Waals surface area contributed by atoms with E-state index in [2.05, 4.69) is 14.9 Å². The van der Waals surface area contributed by atoms with Crippen LogP contribution in [-0.2, 0) is 10.0 Å². The van der Waals surface area contributed by atoms with Gasteiger partial charge in [0.1, 0.15) is 0 Å². The van der Waals surface area contributed by atoms with E-state index in [1.54, 1.807) is 0 Å². The summed E-state index contributed by atoms with van der Waals surface area (Å²) in [7, 11) is -3.52. The van der Waals surface area contributed by atoms with Crippen molar-refractivity contribution in [3.8, 4) is 0 Å². The quantitative estimate of drug-likeness (QED) is 0.660. The van der Waals surface area contributed by atoms with Gasteiger partial charge < -0.3 is 5.73 Å². The number of aromatic nitrogens is 2. The number of nitrogens with two attached hydrogens (primary N) is 1. The molecule has 4 N–H and O–H groups in total. The van der Waals surface area contributed by atoms with Crippen molar-refractivity contribution in [3.63, 3.8) is 0 Å². The van der Waals surface area contributed by atoms with Crippen LogP contribution >= 0.6 is 0 Å². The molecule has 0 fully saturated rings. The first-order valence-electron chi connectivity index (χ1n) is 5.17. The first-order valence-corrected chi connectivity index (χ1v) is 6.65. The van der Waals surface area contributed by atoms with Gasteiger partial charge in [0.05, 0.1) is 6.20 Å². The van der Waals surface area contributed by atoms with E-state index in [1.165, 1.54) is 12.3 Å². The lowest BCUT2D eigenvalue weighted by atomic mass is 10.1. The fourth-order valence-corrected chi connectivity index (χ4v) is 2.61. The van der Waals surface area contributed by atoms with E-state index in [0.29, 0.717) is 12.3 Å². The van der Waals surface area contributed by atoms with E-state index in [0.717, 1.165) is 0 Å². The van der Waals surface area contributed by atoms with Crippen LogP contribution in [0.2, 0.25) is 0 Å². The minimum atomic E-state index is -3.52. The molecule has 92 valence electrons. The molecule has 0 aliphatic carbocycles. The summed E-state index contributed by atoms with van der Waals surface area (Å²) < 4.78 is 26.2. The maximum Gasteiger partial charge on any atom is 0.257 e. The molecule has 7 heteroatoms. The SMILES string of the molecule is CC(C)CC(CN)NS(=O)(=O)c1ccn[nH]1. The van der Waals surface area contributed by atoms with Crippen molar-refractivity contribution in [2.24, 2.45) is 11.7 Å². The first kappa shape index (κ1) is 13.1. The van der Waals surface area contributed by atoms with Crippen molar-refractivity contribution in [2.75, 3.05) is 6.54 Å². The first-order chi connectivity index (χ1) is 7.45. The molecule has 0 saturated carbocycles. The highest BCUT2D eigenvalue weighted by Gasteiger charge is 2.20. The Balaban J connectivity index is 2.71. The Kier molecular flexibility index (Phi) is 4.45. The number of rotatable bonds is 6. The van der Waals surface area contributed by atoms with Crippen molar-refractivity contribution >= 4 is 10.0 Å². The molecule has 6 nitrogen and oxygen atoms in total. The molecule has 1 heterocycles. The molecule has 1 atom stereocenters. The minimum absolute atomic E-state index is 0.0645. The second-order valence-corrected chi connectivity index (χ2v) is 5.79. The van der Waals surface area contributed by atoms with Crippen LogP contribution in [0.4, 0.5) is 0 Å². The molecule has 0 saturated heterocycles. The molecule has 0 aliphatic rings. The molecule has 1 unspecified atom stereocenters. The van der Waals surface area contributed by atoms with Crippen molar-refractivity contribution in [1.29, 1.82) is 0 Å². The van der Waals surface area contributed by atoms with Crippen LogP contribution in [0.15, 0.2) is 17.3 Å². The molecule has 0 spiro atoms. The smallest absolute Gasteiger partial charge is 0.257 e. The highest BCUT2D eigenvalue weighted by molar-refractivity contribution is 7.89. The fraction of sp³-hybridized carbons (Fsp3) is 0.667. The zero-order chi connectivity index (χ0) is 12.2. The van der Waals surface area contributed by atoms with Gasteiger partial charge in [0.15, 0.2) is 5.03 Å². The number of hydrogen-bond donors (Lipinski definition) is 3. The Bertz CT molecular complexity index is 399. The number of H-pyrrole nitrogens is 1. The maximum atomic E-state index is 11.8. The van der Waals surface area contributed by atoms with Crippen molar-refractivity contribution in [3.05, 3.63) is 12.3 Å².